The fourth-order valence-electron chi connectivity index (χ4n) is 2.14. The third kappa shape index (κ3) is 2.16. The van der Waals surface area contributed by atoms with Crippen molar-refractivity contribution in [3.8, 4) is 11.1 Å². The van der Waals surface area contributed by atoms with Gasteiger partial charge >= 0.3 is 0 Å². The molecule has 0 aromatic heterocycles. The van der Waals surface area contributed by atoms with E-state index in [1.54, 1.807) is 26.0 Å². The van der Waals surface area contributed by atoms with Gasteiger partial charge in [0, 0.05) is 11.1 Å². The molecular weight excluding hydrogens is 234 g/mol. The minimum absolute atomic E-state index is 0.286. The summed E-state index contributed by atoms with van der Waals surface area (Å²) < 4.78 is 27.1. The SMILES string of the molecule is Cc1cc(F)cc(C)c1-c1ccc(C=O)cc1F. The standard InChI is InChI=1S/C15H12F2O/c1-9-5-12(16)6-10(2)15(9)13-4-3-11(8-18)7-14(13)17/h3-8H,1-2H3. The van der Waals surface area contributed by atoms with Crippen molar-refractivity contribution in [2.75, 3.05) is 0 Å². The van der Waals surface area contributed by atoms with Gasteiger partial charge in [-0.15, -0.1) is 0 Å². The fraction of sp³-hybridized carbons (Fsp3) is 0.133. The van der Waals surface area contributed by atoms with Crippen LogP contribution in [0.4, 0.5) is 8.78 Å². The molecule has 18 heavy (non-hydrogen) atoms. The van der Waals surface area contributed by atoms with Crippen LogP contribution in [0.3, 0.4) is 0 Å². The number of hydrogen-bond acceptors (Lipinski definition) is 1. The summed E-state index contributed by atoms with van der Waals surface area (Å²) in [6.07, 6.45) is 0.594. The zero-order valence-corrected chi connectivity index (χ0v) is 10.1. The van der Waals surface area contributed by atoms with Crippen LogP contribution in [0.25, 0.3) is 11.1 Å². The maximum Gasteiger partial charge on any atom is 0.150 e. The first-order valence-corrected chi connectivity index (χ1v) is 5.55. The number of halogens is 2. The molecule has 1 nitrogen and oxygen atoms in total. The minimum atomic E-state index is -0.475. The van der Waals surface area contributed by atoms with Crippen LogP contribution in [0.15, 0.2) is 30.3 Å². The number of aldehydes is 1. The fourth-order valence-corrected chi connectivity index (χ4v) is 2.14. The molecule has 0 fully saturated rings. The van der Waals surface area contributed by atoms with Crippen LogP contribution < -0.4 is 0 Å². The molecule has 0 radical (unpaired) electrons. The van der Waals surface area contributed by atoms with E-state index in [1.165, 1.54) is 18.2 Å². The van der Waals surface area contributed by atoms with Crippen LogP contribution in [0.1, 0.15) is 21.5 Å². The summed E-state index contributed by atoms with van der Waals surface area (Å²) in [5.41, 5.74) is 2.69. The van der Waals surface area contributed by atoms with E-state index < -0.39 is 5.82 Å². The van der Waals surface area contributed by atoms with Crippen LogP contribution in [0.5, 0.6) is 0 Å². The summed E-state index contributed by atoms with van der Waals surface area (Å²) >= 11 is 0. The van der Waals surface area contributed by atoms with Crippen LogP contribution in [0.2, 0.25) is 0 Å². The van der Waals surface area contributed by atoms with Gasteiger partial charge in [0.05, 0.1) is 0 Å². The molecule has 3 heteroatoms. The number of benzene rings is 2. The molecule has 2 rings (SSSR count). The van der Waals surface area contributed by atoms with Gasteiger partial charge in [0.1, 0.15) is 17.9 Å². The minimum Gasteiger partial charge on any atom is -0.298 e. The molecule has 0 aliphatic heterocycles. The highest BCUT2D eigenvalue weighted by molar-refractivity contribution is 5.78. The molecule has 0 bridgehead atoms. The van der Waals surface area contributed by atoms with E-state index in [2.05, 4.69) is 0 Å². The van der Waals surface area contributed by atoms with Crippen molar-refractivity contribution in [1.29, 1.82) is 0 Å². The highest BCUT2D eigenvalue weighted by Crippen LogP contribution is 2.30. The van der Waals surface area contributed by atoms with Gasteiger partial charge in [-0.05, 0) is 48.7 Å². The average molecular weight is 246 g/mol. The Labute approximate surface area is 104 Å². The summed E-state index contributed by atoms with van der Waals surface area (Å²) in [5.74, 6) is -0.809. The maximum atomic E-state index is 13.9. The maximum absolute atomic E-state index is 13.9. The van der Waals surface area contributed by atoms with Crippen molar-refractivity contribution in [3.63, 3.8) is 0 Å². The first-order valence-electron chi connectivity index (χ1n) is 5.55. The first-order chi connectivity index (χ1) is 8.52. The van der Waals surface area contributed by atoms with Crippen LogP contribution in [-0.4, -0.2) is 6.29 Å². The van der Waals surface area contributed by atoms with Crippen LogP contribution in [-0.2, 0) is 0 Å². The van der Waals surface area contributed by atoms with E-state index in [0.29, 0.717) is 28.5 Å². The second-order valence-corrected chi connectivity index (χ2v) is 4.27. The monoisotopic (exact) mass is 246 g/mol. The molecule has 0 spiro atoms. The van der Waals surface area contributed by atoms with E-state index in [4.69, 9.17) is 0 Å². The molecule has 0 N–H and O–H groups in total. The van der Waals surface area contributed by atoms with Gasteiger partial charge in [-0.3, -0.25) is 4.79 Å². The summed E-state index contributed by atoms with van der Waals surface area (Å²) in [6, 6.07) is 7.02. The Morgan fingerprint density at radius 3 is 2.11 bits per heavy atom. The third-order valence-electron chi connectivity index (χ3n) is 2.90. The predicted octanol–water partition coefficient (Wildman–Crippen LogP) is 4.06. The second kappa shape index (κ2) is 4.69. The van der Waals surface area contributed by atoms with Gasteiger partial charge < -0.3 is 0 Å². The van der Waals surface area contributed by atoms with E-state index in [1.807, 2.05) is 0 Å². The number of aryl methyl sites for hydroxylation is 2. The van der Waals surface area contributed by atoms with Gasteiger partial charge in [-0.25, -0.2) is 8.78 Å². The Hall–Kier alpha value is -2.03. The quantitative estimate of drug-likeness (QED) is 0.730. The normalized spacial score (nSPS) is 10.4. The second-order valence-electron chi connectivity index (χ2n) is 4.27. The van der Waals surface area contributed by atoms with Crippen molar-refractivity contribution in [1.82, 2.24) is 0 Å². The summed E-state index contributed by atoms with van der Waals surface area (Å²) in [4.78, 5) is 10.6. The highest BCUT2D eigenvalue weighted by atomic mass is 19.1. The average Bonchev–Trinajstić information content (AvgIpc) is 2.29. The largest absolute Gasteiger partial charge is 0.298 e. The molecule has 0 saturated heterocycles. The molecule has 0 heterocycles. The highest BCUT2D eigenvalue weighted by Gasteiger charge is 2.12. The molecule has 0 amide bonds. The molecule has 0 saturated carbocycles. The van der Waals surface area contributed by atoms with E-state index in [-0.39, 0.29) is 11.4 Å². The summed E-state index contributed by atoms with van der Waals surface area (Å²) in [6.45, 7) is 3.47. The lowest BCUT2D eigenvalue weighted by molar-refractivity contribution is 0.112. The molecular formula is C15H12F2O. The van der Waals surface area contributed by atoms with Gasteiger partial charge in [0.15, 0.2) is 0 Å². The zero-order chi connectivity index (χ0) is 13.3. The molecule has 92 valence electrons. The Kier molecular flexibility index (Phi) is 3.24. The van der Waals surface area contributed by atoms with E-state index >= 15 is 0 Å². The molecule has 0 atom stereocenters. The number of rotatable bonds is 2. The molecule has 2 aromatic carbocycles. The topological polar surface area (TPSA) is 17.1 Å². The van der Waals surface area contributed by atoms with Crippen molar-refractivity contribution < 1.29 is 13.6 Å². The van der Waals surface area contributed by atoms with Crippen molar-refractivity contribution in [2.24, 2.45) is 0 Å². The van der Waals surface area contributed by atoms with Gasteiger partial charge in [-0.2, -0.15) is 0 Å². The summed E-state index contributed by atoms with van der Waals surface area (Å²) in [7, 11) is 0. The molecule has 0 unspecified atom stereocenters. The Bertz CT molecular complexity index is 595. The lowest BCUT2D eigenvalue weighted by atomic mass is 9.94. The number of carbonyl (C=O) groups excluding carboxylic acids is 1. The van der Waals surface area contributed by atoms with Crippen LogP contribution >= 0.6 is 0 Å². The zero-order valence-electron chi connectivity index (χ0n) is 10.1. The predicted molar refractivity (Wildman–Crippen MR) is 66.7 cm³/mol. The van der Waals surface area contributed by atoms with Crippen molar-refractivity contribution in [3.05, 3.63) is 58.7 Å². The van der Waals surface area contributed by atoms with Gasteiger partial charge in [-0.1, -0.05) is 12.1 Å². The first kappa shape index (κ1) is 12.4. The van der Waals surface area contributed by atoms with Crippen molar-refractivity contribution in [2.45, 2.75) is 13.8 Å². The Morgan fingerprint density at radius 2 is 1.61 bits per heavy atom. The smallest absolute Gasteiger partial charge is 0.150 e. The third-order valence-corrected chi connectivity index (χ3v) is 2.90. The van der Waals surface area contributed by atoms with Crippen LogP contribution in [0, 0.1) is 25.5 Å². The Balaban J connectivity index is 2.66. The van der Waals surface area contributed by atoms with Crippen molar-refractivity contribution >= 4 is 6.29 Å². The number of hydrogen-bond donors (Lipinski definition) is 0. The van der Waals surface area contributed by atoms with Gasteiger partial charge in [0.25, 0.3) is 0 Å². The molecule has 0 aliphatic rings. The van der Waals surface area contributed by atoms with E-state index in [0.717, 1.165) is 0 Å². The summed E-state index contributed by atoms with van der Waals surface area (Å²) in [5, 5.41) is 0. The molecule has 0 aliphatic carbocycles. The lowest BCUT2D eigenvalue weighted by Gasteiger charge is -2.11. The molecule has 2 aromatic rings. The van der Waals surface area contributed by atoms with Gasteiger partial charge in [0.2, 0.25) is 0 Å². The van der Waals surface area contributed by atoms with E-state index in [9.17, 15) is 13.6 Å². The Morgan fingerprint density at radius 1 is 1.00 bits per heavy atom. The lowest BCUT2D eigenvalue weighted by Crippen LogP contribution is -1.94. The number of carbonyl (C=O) groups is 1.